The van der Waals surface area contributed by atoms with Gasteiger partial charge in [0.1, 0.15) is 0 Å². The topological polar surface area (TPSA) is 63.6 Å². The fourth-order valence-electron chi connectivity index (χ4n) is 2.59. The first kappa shape index (κ1) is 13.9. The van der Waals surface area contributed by atoms with E-state index in [9.17, 15) is 0 Å². The minimum Gasteiger partial charge on any atom is -0.351 e. The highest BCUT2D eigenvalue weighted by Crippen LogP contribution is 2.35. The summed E-state index contributed by atoms with van der Waals surface area (Å²) in [6, 6.07) is 2.33. The van der Waals surface area contributed by atoms with Crippen LogP contribution in [0.1, 0.15) is 49.2 Å². The van der Waals surface area contributed by atoms with E-state index in [1.54, 1.807) is 18.6 Å². The van der Waals surface area contributed by atoms with Crippen LogP contribution in [0.3, 0.4) is 0 Å². The molecule has 0 amide bonds. The first-order valence-corrected chi connectivity index (χ1v) is 7.57. The van der Waals surface area contributed by atoms with Crippen LogP contribution in [0.4, 0.5) is 5.95 Å². The molecule has 21 heavy (non-hydrogen) atoms. The molecule has 1 aliphatic rings. The van der Waals surface area contributed by atoms with Gasteiger partial charge in [0.2, 0.25) is 5.95 Å². The molecule has 5 nitrogen and oxygen atoms in total. The van der Waals surface area contributed by atoms with Crippen molar-refractivity contribution in [2.24, 2.45) is 0 Å². The van der Waals surface area contributed by atoms with Crippen LogP contribution in [0.15, 0.2) is 24.7 Å². The van der Waals surface area contributed by atoms with Gasteiger partial charge in [0.05, 0.1) is 5.69 Å². The lowest BCUT2D eigenvalue weighted by Crippen LogP contribution is -2.22. The zero-order valence-electron chi connectivity index (χ0n) is 12.6. The zero-order valence-corrected chi connectivity index (χ0v) is 12.6. The number of nitrogens with zero attached hydrogens (tertiary/aromatic N) is 4. The van der Waals surface area contributed by atoms with Gasteiger partial charge in [0, 0.05) is 48.4 Å². The van der Waals surface area contributed by atoms with Crippen LogP contribution in [-0.2, 0) is 6.42 Å². The average molecular weight is 283 g/mol. The number of aryl methyl sites for hydroxylation is 1. The van der Waals surface area contributed by atoms with Gasteiger partial charge in [-0.1, -0.05) is 6.42 Å². The van der Waals surface area contributed by atoms with Gasteiger partial charge in [0.25, 0.3) is 0 Å². The number of nitrogens with one attached hydrogen (secondary N) is 1. The van der Waals surface area contributed by atoms with E-state index < -0.39 is 0 Å². The van der Waals surface area contributed by atoms with Crippen molar-refractivity contribution >= 4 is 5.95 Å². The molecule has 1 aliphatic carbocycles. The van der Waals surface area contributed by atoms with Crippen LogP contribution in [0.2, 0.25) is 0 Å². The van der Waals surface area contributed by atoms with Crippen molar-refractivity contribution in [3.05, 3.63) is 41.7 Å². The van der Waals surface area contributed by atoms with E-state index in [0.717, 1.165) is 23.8 Å². The van der Waals surface area contributed by atoms with Gasteiger partial charge in [0.15, 0.2) is 0 Å². The Labute approximate surface area is 125 Å². The van der Waals surface area contributed by atoms with Gasteiger partial charge < -0.3 is 5.32 Å². The van der Waals surface area contributed by atoms with Crippen LogP contribution >= 0.6 is 0 Å². The largest absolute Gasteiger partial charge is 0.351 e. The molecule has 5 heteroatoms. The van der Waals surface area contributed by atoms with Gasteiger partial charge in [-0.3, -0.25) is 9.97 Å². The van der Waals surface area contributed by atoms with Crippen LogP contribution in [-0.4, -0.2) is 26.0 Å². The van der Waals surface area contributed by atoms with Gasteiger partial charge >= 0.3 is 0 Å². The first-order valence-electron chi connectivity index (χ1n) is 7.57. The number of hydrogen-bond donors (Lipinski definition) is 1. The molecule has 0 aliphatic heterocycles. The summed E-state index contributed by atoms with van der Waals surface area (Å²) in [5.74, 6) is 1.36. The summed E-state index contributed by atoms with van der Waals surface area (Å²) in [6.07, 6.45) is 9.85. The summed E-state index contributed by atoms with van der Waals surface area (Å²) in [4.78, 5) is 17.6. The molecular formula is C16H21N5. The normalized spacial score (nSPS) is 16.3. The molecule has 0 unspecified atom stereocenters. The minimum atomic E-state index is 0.220. The SMILES string of the molecule is Cc1cc(C2CCC2)nc(N[C@@H](C)Cc2cnccn2)n1. The maximum Gasteiger partial charge on any atom is 0.223 e. The van der Waals surface area contributed by atoms with E-state index in [2.05, 4.69) is 38.2 Å². The van der Waals surface area contributed by atoms with E-state index in [4.69, 9.17) is 0 Å². The van der Waals surface area contributed by atoms with E-state index in [1.165, 1.54) is 25.0 Å². The molecule has 1 saturated carbocycles. The predicted octanol–water partition coefficient (Wildman–Crippen LogP) is 2.89. The first-order chi connectivity index (χ1) is 10.2. The predicted molar refractivity (Wildman–Crippen MR) is 82.2 cm³/mol. The van der Waals surface area contributed by atoms with Gasteiger partial charge in [-0.15, -0.1) is 0 Å². The molecule has 1 fully saturated rings. The Morgan fingerprint density at radius 2 is 2.14 bits per heavy atom. The molecule has 110 valence electrons. The number of aromatic nitrogens is 4. The molecule has 0 radical (unpaired) electrons. The lowest BCUT2D eigenvalue weighted by Gasteiger charge is -2.25. The summed E-state index contributed by atoms with van der Waals surface area (Å²) < 4.78 is 0. The Kier molecular flexibility index (Phi) is 4.08. The Hall–Kier alpha value is -2.04. The van der Waals surface area contributed by atoms with Gasteiger partial charge in [-0.2, -0.15) is 0 Å². The summed E-state index contributed by atoms with van der Waals surface area (Å²) in [5, 5.41) is 3.38. The van der Waals surface area contributed by atoms with Crippen molar-refractivity contribution in [3.8, 4) is 0 Å². The molecule has 0 bridgehead atoms. The maximum atomic E-state index is 4.68. The third-order valence-corrected chi connectivity index (χ3v) is 3.90. The summed E-state index contributed by atoms with van der Waals surface area (Å²) in [6.45, 7) is 4.14. The van der Waals surface area contributed by atoms with Crippen molar-refractivity contribution in [2.45, 2.75) is 51.5 Å². The third-order valence-electron chi connectivity index (χ3n) is 3.90. The van der Waals surface area contributed by atoms with Crippen LogP contribution in [0.5, 0.6) is 0 Å². The lowest BCUT2D eigenvalue weighted by molar-refractivity contribution is 0.410. The smallest absolute Gasteiger partial charge is 0.223 e. The molecule has 2 heterocycles. The second-order valence-corrected chi connectivity index (χ2v) is 5.83. The van der Waals surface area contributed by atoms with Crippen molar-refractivity contribution in [1.29, 1.82) is 0 Å². The van der Waals surface area contributed by atoms with Crippen molar-refractivity contribution in [2.75, 3.05) is 5.32 Å². The standard InChI is InChI=1S/C16H21N5/c1-11(8-14-10-17-6-7-18-14)19-16-20-12(2)9-15(21-16)13-4-3-5-13/h6-7,9-11,13H,3-5,8H2,1-2H3,(H,19,20,21)/t11-/m0/s1. The highest BCUT2D eigenvalue weighted by molar-refractivity contribution is 5.31. The molecule has 1 atom stereocenters. The second-order valence-electron chi connectivity index (χ2n) is 5.83. The molecule has 0 saturated heterocycles. The number of rotatable bonds is 5. The van der Waals surface area contributed by atoms with E-state index in [0.29, 0.717) is 5.92 Å². The highest BCUT2D eigenvalue weighted by Gasteiger charge is 2.22. The minimum absolute atomic E-state index is 0.220. The second kappa shape index (κ2) is 6.16. The summed E-state index contributed by atoms with van der Waals surface area (Å²) in [7, 11) is 0. The Balaban J connectivity index is 1.67. The lowest BCUT2D eigenvalue weighted by atomic mass is 9.83. The monoisotopic (exact) mass is 283 g/mol. The Bertz CT molecular complexity index is 595. The fraction of sp³-hybridized carbons (Fsp3) is 0.500. The summed E-state index contributed by atoms with van der Waals surface area (Å²) in [5.41, 5.74) is 3.19. The maximum absolute atomic E-state index is 4.68. The van der Waals surface area contributed by atoms with E-state index in [1.807, 2.05) is 6.92 Å². The molecule has 0 spiro atoms. The van der Waals surface area contributed by atoms with E-state index >= 15 is 0 Å². The fourth-order valence-corrected chi connectivity index (χ4v) is 2.59. The molecule has 2 aromatic rings. The van der Waals surface area contributed by atoms with Crippen LogP contribution in [0.25, 0.3) is 0 Å². The average Bonchev–Trinajstić information content (AvgIpc) is 2.36. The van der Waals surface area contributed by atoms with Crippen LogP contribution < -0.4 is 5.32 Å². The molecule has 0 aromatic carbocycles. The van der Waals surface area contributed by atoms with Crippen LogP contribution in [0, 0.1) is 6.92 Å². The quantitative estimate of drug-likeness (QED) is 0.914. The molecule has 3 rings (SSSR count). The summed E-state index contributed by atoms with van der Waals surface area (Å²) >= 11 is 0. The molecular weight excluding hydrogens is 262 g/mol. The Morgan fingerprint density at radius 1 is 1.29 bits per heavy atom. The highest BCUT2D eigenvalue weighted by atomic mass is 15.1. The van der Waals surface area contributed by atoms with Crippen molar-refractivity contribution in [3.63, 3.8) is 0 Å². The van der Waals surface area contributed by atoms with Crippen molar-refractivity contribution in [1.82, 2.24) is 19.9 Å². The number of anilines is 1. The van der Waals surface area contributed by atoms with E-state index in [-0.39, 0.29) is 6.04 Å². The third kappa shape index (κ3) is 3.54. The molecule has 2 aromatic heterocycles. The Morgan fingerprint density at radius 3 is 2.81 bits per heavy atom. The van der Waals surface area contributed by atoms with Gasteiger partial charge in [-0.05, 0) is 32.8 Å². The number of hydrogen-bond acceptors (Lipinski definition) is 5. The zero-order chi connectivity index (χ0) is 14.7. The molecule has 1 N–H and O–H groups in total. The van der Waals surface area contributed by atoms with Crippen molar-refractivity contribution < 1.29 is 0 Å². The van der Waals surface area contributed by atoms with Gasteiger partial charge in [-0.25, -0.2) is 9.97 Å².